The Balaban J connectivity index is 2.44. The van der Waals surface area contributed by atoms with Gasteiger partial charge in [-0.15, -0.1) is 0 Å². The van der Waals surface area contributed by atoms with Crippen LogP contribution in [-0.2, 0) is 10.9 Å². The topological polar surface area (TPSA) is 71.5 Å². The monoisotopic (exact) mass is 402 g/mol. The number of nitrogens with zero attached hydrogens (tertiary/aromatic N) is 1. The molecule has 0 saturated carbocycles. The number of amides is 1. The van der Waals surface area contributed by atoms with Crippen molar-refractivity contribution >= 4 is 23.4 Å². The van der Waals surface area contributed by atoms with E-state index < -0.39 is 35.2 Å². The molecule has 2 N–H and O–H groups in total. The highest BCUT2D eigenvalue weighted by Crippen LogP contribution is 2.37. The van der Waals surface area contributed by atoms with Gasteiger partial charge in [-0.3, -0.25) is 10.3 Å². The van der Waals surface area contributed by atoms with Crippen molar-refractivity contribution in [3.8, 4) is 0 Å². The second-order valence-corrected chi connectivity index (χ2v) is 7.14. The summed E-state index contributed by atoms with van der Waals surface area (Å²) in [5.41, 5.74) is -2.41. The first-order valence-electron chi connectivity index (χ1n) is 7.88. The van der Waals surface area contributed by atoms with Crippen LogP contribution in [0.15, 0.2) is 36.5 Å². The molecule has 146 valence electrons. The van der Waals surface area contributed by atoms with Gasteiger partial charge in [-0.25, -0.2) is 4.79 Å². The standard InChI is InChI=1S/C18H18ClF3N2O3/c1-17(2,3)27-16(26)24-13-7-6-10(19)9-12(13)14(25)11-5-4-8-23-15(11)18(20,21)22/h4-9,14,25H,1-3H3,(H,24,26). The molecule has 2 aromatic rings. The smallest absolute Gasteiger partial charge is 0.433 e. The zero-order chi connectivity index (χ0) is 20.4. The number of rotatable bonds is 3. The second kappa shape index (κ2) is 7.74. The predicted octanol–water partition coefficient (Wildman–Crippen LogP) is 5.18. The fraction of sp³-hybridized carbons (Fsp3) is 0.333. The Morgan fingerprint density at radius 1 is 1.22 bits per heavy atom. The molecule has 0 aliphatic carbocycles. The van der Waals surface area contributed by atoms with Crippen LogP contribution in [-0.4, -0.2) is 21.8 Å². The van der Waals surface area contributed by atoms with Gasteiger partial charge >= 0.3 is 12.3 Å². The zero-order valence-corrected chi connectivity index (χ0v) is 15.5. The SMILES string of the molecule is CC(C)(C)OC(=O)Nc1ccc(Cl)cc1C(O)c1cccnc1C(F)(F)F. The lowest BCUT2D eigenvalue weighted by Crippen LogP contribution is -2.27. The Hall–Kier alpha value is -2.32. The molecule has 1 unspecified atom stereocenters. The number of aliphatic hydroxyl groups excluding tert-OH is 1. The van der Waals surface area contributed by atoms with E-state index in [4.69, 9.17) is 16.3 Å². The number of anilines is 1. The Labute approximate surface area is 159 Å². The van der Waals surface area contributed by atoms with Gasteiger partial charge in [0.2, 0.25) is 0 Å². The number of ether oxygens (including phenoxy) is 1. The number of carbonyl (C=O) groups excluding carboxylic acids is 1. The molecule has 5 nitrogen and oxygen atoms in total. The van der Waals surface area contributed by atoms with Gasteiger partial charge in [0.25, 0.3) is 0 Å². The molecule has 0 aliphatic rings. The van der Waals surface area contributed by atoms with Crippen molar-refractivity contribution in [1.82, 2.24) is 4.98 Å². The van der Waals surface area contributed by atoms with E-state index in [1.165, 1.54) is 24.3 Å². The molecule has 27 heavy (non-hydrogen) atoms. The summed E-state index contributed by atoms with van der Waals surface area (Å²) in [5, 5.41) is 13.2. The van der Waals surface area contributed by atoms with Crippen molar-refractivity contribution < 1.29 is 27.8 Å². The Morgan fingerprint density at radius 2 is 1.89 bits per heavy atom. The van der Waals surface area contributed by atoms with Crippen LogP contribution in [0, 0.1) is 0 Å². The first kappa shape index (κ1) is 21.0. The van der Waals surface area contributed by atoms with Gasteiger partial charge < -0.3 is 9.84 Å². The minimum absolute atomic E-state index is 0.0214. The fourth-order valence-corrected chi connectivity index (χ4v) is 2.51. The van der Waals surface area contributed by atoms with E-state index in [1.54, 1.807) is 20.8 Å². The number of halogens is 4. The van der Waals surface area contributed by atoms with Crippen molar-refractivity contribution in [3.63, 3.8) is 0 Å². The van der Waals surface area contributed by atoms with Crippen LogP contribution in [0.4, 0.5) is 23.7 Å². The number of hydrogen-bond donors (Lipinski definition) is 2. The third kappa shape index (κ3) is 5.58. The van der Waals surface area contributed by atoms with Gasteiger partial charge in [-0.1, -0.05) is 17.7 Å². The lowest BCUT2D eigenvalue weighted by atomic mass is 9.98. The third-order valence-corrected chi connectivity index (χ3v) is 3.58. The van der Waals surface area contributed by atoms with Crippen LogP contribution in [0.2, 0.25) is 5.02 Å². The predicted molar refractivity (Wildman–Crippen MR) is 94.6 cm³/mol. The molecule has 0 aliphatic heterocycles. The number of aliphatic hydroxyl groups is 1. The summed E-state index contributed by atoms with van der Waals surface area (Å²) in [6.07, 6.45) is -6.31. The van der Waals surface area contributed by atoms with Gasteiger partial charge in [-0.05, 0) is 45.0 Å². The molecule has 0 bridgehead atoms. The van der Waals surface area contributed by atoms with Crippen molar-refractivity contribution in [2.24, 2.45) is 0 Å². The molecule has 9 heteroatoms. The van der Waals surface area contributed by atoms with Crippen LogP contribution in [0.1, 0.15) is 43.7 Å². The highest BCUT2D eigenvalue weighted by atomic mass is 35.5. The second-order valence-electron chi connectivity index (χ2n) is 6.70. The lowest BCUT2D eigenvalue weighted by Gasteiger charge is -2.22. The van der Waals surface area contributed by atoms with E-state index >= 15 is 0 Å². The quantitative estimate of drug-likeness (QED) is 0.741. The van der Waals surface area contributed by atoms with Crippen molar-refractivity contribution in [3.05, 3.63) is 58.4 Å². The number of carbonyl (C=O) groups is 1. The fourth-order valence-electron chi connectivity index (χ4n) is 2.33. The van der Waals surface area contributed by atoms with E-state index in [9.17, 15) is 23.1 Å². The maximum absolute atomic E-state index is 13.2. The largest absolute Gasteiger partial charge is 0.444 e. The maximum atomic E-state index is 13.2. The minimum atomic E-state index is -4.76. The lowest BCUT2D eigenvalue weighted by molar-refractivity contribution is -0.142. The van der Waals surface area contributed by atoms with Gasteiger partial charge in [0.1, 0.15) is 11.7 Å². The molecule has 1 aromatic heterocycles. The number of benzene rings is 1. The summed E-state index contributed by atoms with van der Waals surface area (Å²) < 4.78 is 44.8. The van der Waals surface area contributed by atoms with Gasteiger partial charge in [0, 0.05) is 22.3 Å². The molecule has 1 atom stereocenters. The number of pyridine rings is 1. The highest BCUT2D eigenvalue weighted by molar-refractivity contribution is 6.30. The van der Waals surface area contributed by atoms with Gasteiger partial charge in [0.05, 0.1) is 5.69 Å². The summed E-state index contributed by atoms with van der Waals surface area (Å²) in [7, 11) is 0. The van der Waals surface area contributed by atoms with E-state index in [-0.39, 0.29) is 16.3 Å². The van der Waals surface area contributed by atoms with Gasteiger partial charge in [-0.2, -0.15) is 13.2 Å². The summed E-state index contributed by atoms with van der Waals surface area (Å²) in [5.74, 6) is 0. The molecular formula is C18H18ClF3N2O3. The summed E-state index contributed by atoms with van der Waals surface area (Å²) in [6, 6.07) is 6.46. The minimum Gasteiger partial charge on any atom is -0.444 e. The first-order valence-corrected chi connectivity index (χ1v) is 8.26. The van der Waals surface area contributed by atoms with Crippen LogP contribution in [0.5, 0.6) is 0 Å². The molecule has 0 radical (unpaired) electrons. The van der Waals surface area contributed by atoms with Gasteiger partial charge in [0.15, 0.2) is 5.69 Å². The average Bonchev–Trinajstić information content (AvgIpc) is 2.53. The van der Waals surface area contributed by atoms with Crippen molar-refractivity contribution in [2.75, 3.05) is 5.32 Å². The van der Waals surface area contributed by atoms with Crippen LogP contribution < -0.4 is 5.32 Å². The number of nitrogens with one attached hydrogen (secondary N) is 1. The normalized spacial score (nSPS) is 13.2. The molecule has 1 amide bonds. The molecule has 2 rings (SSSR count). The Bertz CT molecular complexity index is 835. The summed E-state index contributed by atoms with van der Waals surface area (Å²) >= 11 is 5.93. The van der Waals surface area contributed by atoms with E-state index in [2.05, 4.69) is 10.3 Å². The molecule has 0 spiro atoms. The molecular weight excluding hydrogens is 385 g/mol. The third-order valence-electron chi connectivity index (χ3n) is 3.35. The van der Waals surface area contributed by atoms with E-state index in [0.717, 1.165) is 12.3 Å². The molecule has 0 saturated heterocycles. The first-order chi connectivity index (χ1) is 12.4. The van der Waals surface area contributed by atoms with E-state index in [1.807, 2.05) is 0 Å². The number of alkyl halides is 3. The van der Waals surface area contributed by atoms with E-state index in [0.29, 0.717) is 0 Å². The average molecular weight is 403 g/mol. The Kier molecular flexibility index (Phi) is 6.01. The van der Waals surface area contributed by atoms with Crippen molar-refractivity contribution in [2.45, 2.75) is 38.7 Å². The van der Waals surface area contributed by atoms with Crippen LogP contribution in [0.25, 0.3) is 0 Å². The van der Waals surface area contributed by atoms with Crippen LogP contribution in [0.3, 0.4) is 0 Å². The van der Waals surface area contributed by atoms with Crippen LogP contribution >= 0.6 is 11.6 Å². The maximum Gasteiger partial charge on any atom is 0.433 e. The zero-order valence-electron chi connectivity index (χ0n) is 14.8. The number of aromatic nitrogens is 1. The summed E-state index contributed by atoms with van der Waals surface area (Å²) in [4.78, 5) is 15.3. The Morgan fingerprint density at radius 3 is 2.48 bits per heavy atom. The molecule has 1 aromatic carbocycles. The molecule has 0 fully saturated rings. The molecule has 1 heterocycles. The van der Waals surface area contributed by atoms with Crippen molar-refractivity contribution in [1.29, 1.82) is 0 Å². The number of hydrogen-bond acceptors (Lipinski definition) is 4. The summed E-state index contributed by atoms with van der Waals surface area (Å²) in [6.45, 7) is 4.99. The highest BCUT2D eigenvalue weighted by Gasteiger charge is 2.37.